The lowest BCUT2D eigenvalue weighted by Crippen LogP contribution is -1.93. The number of rotatable bonds is 2. The van der Waals surface area contributed by atoms with Crippen molar-refractivity contribution in [2.45, 2.75) is 6.92 Å². The zero-order valence-electron chi connectivity index (χ0n) is 8.77. The molecule has 0 N–H and O–H groups in total. The molecule has 0 fully saturated rings. The summed E-state index contributed by atoms with van der Waals surface area (Å²) in [6.45, 7) is 1.95. The topological polar surface area (TPSA) is 35.0 Å². The second kappa shape index (κ2) is 4.09. The van der Waals surface area contributed by atoms with Crippen LogP contribution >= 0.6 is 0 Å². The van der Waals surface area contributed by atoms with Crippen molar-refractivity contribution in [3.8, 4) is 17.1 Å². The highest BCUT2D eigenvalue weighted by Gasteiger charge is 2.06. The fraction of sp³-hybridized carbons (Fsp3) is 0.167. The Morgan fingerprint density at radius 1 is 1.13 bits per heavy atom. The maximum Gasteiger partial charge on any atom is 0.163 e. The monoisotopic (exact) mass is 200 g/mol. The van der Waals surface area contributed by atoms with Crippen LogP contribution in [0, 0.1) is 6.92 Å². The van der Waals surface area contributed by atoms with E-state index in [-0.39, 0.29) is 0 Å². The number of hydrogen-bond acceptors (Lipinski definition) is 3. The summed E-state index contributed by atoms with van der Waals surface area (Å²) in [5.41, 5.74) is 1.87. The van der Waals surface area contributed by atoms with E-state index < -0.39 is 0 Å². The Morgan fingerprint density at radius 2 is 1.93 bits per heavy atom. The third kappa shape index (κ3) is 1.96. The molecule has 0 saturated heterocycles. The average Bonchev–Trinajstić information content (AvgIpc) is 2.29. The van der Waals surface area contributed by atoms with Gasteiger partial charge in [-0.15, -0.1) is 0 Å². The molecule has 15 heavy (non-hydrogen) atoms. The summed E-state index contributed by atoms with van der Waals surface area (Å²) < 4.78 is 5.26. The van der Waals surface area contributed by atoms with E-state index in [0.29, 0.717) is 5.82 Å². The molecule has 1 aromatic heterocycles. The Bertz CT molecular complexity index is 469. The van der Waals surface area contributed by atoms with Gasteiger partial charge in [-0.05, 0) is 25.1 Å². The number of hydrogen-bond donors (Lipinski definition) is 0. The molecule has 0 bridgehead atoms. The van der Waals surface area contributed by atoms with Crippen molar-refractivity contribution in [1.29, 1.82) is 0 Å². The van der Waals surface area contributed by atoms with E-state index in [1.54, 1.807) is 13.3 Å². The van der Waals surface area contributed by atoms with Gasteiger partial charge in [-0.2, -0.15) is 0 Å². The maximum atomic E-state index is 5.26. The van der Waals surface area contributed by atoms with Crippen LogP contribution in [-0.4, -0.2) is 17.1 Å². The van der Waals surface area contributed by atoms with Crippen LogP contribution in [0.1, 0.15) is 5.69 Å². The lowest BCUT2D eigenvalue weighted by Gasteiger charge is -2.06. The minimum atomic E-state index is 0.701. The summed E-state index contributed by atoms with van der Waals surface area (Å²) in [4.78, 5) is 8.59. The van der Waals surface area contributed by atoms with Crippen LogP contribution in [0.25, 0.3) is 11.4 Å². The van der Waals surface area contributed by atoms with E-state index in [2.05, 4.69) is 9.97 Å². The van der Waals surface area contributed by atoms with Crippen molar-refractivity contribution < 1.29 is 4.74 Å². The van der Waals surface area contributed by atoms with Crippen LogP contribution < -0.4 is 4.74 Å². The molecule has 3 nitrogen and oxygen atoms in total. The minimum absolute atomic E-state index is 0.701. The predicted octanol–water partition coefficient (Wildman–Crippen LogP) is 2.46. The second-order valence-electron chi connectivity index (χ2n) is 3.22. The fourth-order valence-electron chi connectivity index (χ4n) is 1.41. The molecule has 0 spiro atoms. The molecule has 0 aliphatic carbocycles. The summed E-state index contributed by atoms with van der Waals surface area (Å²) >= 11 is 0. The fourth-order valence-corrected chi connectivity index (χ4v) is 1.41. The summed E-state index contributed by atoms with van der Waals surface area (Å²) in [7, 11) is 1.65. The van der Waals surface area contributed by atoms with E-state index in [1.807, 2.05) is 37.3 Å². The third-order valence-electron chi connectivity index (χ3n) is 2.14. The molecule has 0 amide bonds. The number of benzene rings is 1. The number of nitrogens with zero attached hydrogens (tertiary/aromatic N) is 2. The molecule has 1 heterocycles. The number of aryl methyl sites for hydroxylation is 1. The zero-order valence-corrected chi connectivity index (χ0v) is 8.77. The van der Waals surface area contributed by atoms with Crippen LogP contribution in [0.15, 0.2) is 36.5 Å². The van der Waals surface area contributed by atoms with Crippen molar-refractivity contribution in [1.82, 2.24) is 9.97 Å². The Kier molecular flexibility index (Phi) is 2.63. The van der Waals surface area contributed by atoms with E-state index in [4.69, 9.17) is 4.74 Å². The van der Waals surface area contributed by atoms with Crippen LogP contribution in [0.3, 0.4) is 0 Å². The molecular weight excluding hydrogens is 188 g/mol. The van der Waals surface area contributed by atoms with Crippen molar-refractivity contribution >= 4 is 0 Å². The van der Waals surface area contributed by atoms with Crippen molar-refractivity contribution in [2.24, 2.45) is 0 Å². The van der Waals surface area contributed by atoms with Crippen molar-refractivity contribution in [3.05, 3.63) is 42.2 Å². The summed E-state index contributed by atoms with van der Waals surface area (Å²) in [6.07, 6.45) is 1.75. The maximum absolute atomic E-state index is 5.26. The molecule has 0 aliphatic heterocycles. The van der Waals surface area contributed by atoms with Gasteiger partial charge >= 0.3 is 0 Å². The number of methoxy groups -OCH3 is 1. The van der Waals surface area contributed by atoms with Gasteiger partial charge in [0, 0.05) is 11.9 Å². The molecule has 0 saturated carbocycles. The molecule has 2 aromatic rings. The number of aromatic nitrogens is 2. The molecular formula is C12H12N2O. The van der Waals surface area contributed by atoms with E-state index >= 15 is 0 Å². The summed E-state index contributed by atoms with van der Waals surface area (Å²) in [5, 5.41) is 0. The Labute approximate surface area is 88.8 Å². The van der Waals surface area contributed by atoms with Gasteiger partial charge in [-0.1, -0.05) is 12.1 Å². The van der Waals surface area contributed by atoms with Crippen LogP contribution in [0.2, 0.25) is 0 Å². The molecule has 3 heteroatoms. The van der Waals surface area contributed by atoms with Crippen LogP contribution in [0.5, 0.6) is 5.75 Å². The minimum Gasteiger partial charge on any atom is -0.496 e. The third-order valence-corrected chi connectivity index (χ3v) is 2.14. The summed E-state index contributed by atoms with van der Waals surface area (Å²) in [5.74, 6) is 1.50. The van der Waals surface area contributed by atoms with Crippen LogP contribution in [-0.2, 0) is 0 Å². The van der Waals surface area contributed by atoms with Crippen LogP contribution in [0.4, 0.5) is 0 Å². The highest BCUT2D eigenvalue weighted by molar-refractivity contribution is 5.63. The predicted molar refractivity (Wildman–Crippen MR) is 58.8 cm³/mol. The average molecular weight is 200 g/mol. The lowest BCUT2D eigenvalue weighted by atomic mass is 10.2. The molecule has 0 atom stereocenters. The zero-order chi connectivity index (χ0) is 10.7. The van der Waals surface area contributed by atoms with Gasteiger partial charge in [-0.25, -0.2) is 9.97 Å². The number of para-hydroxylation sites is 1. The van der Waals surface area contributed by atoms with E-state index in [0.717, 1.165) is 17.0 Å². The Morgan fingerprint density at radius 3 is 2.67 bits per heavy atom. The van der Waals surface area contributed by atoms with E-state index in [9.17, 15) is 0 Å². The van der Waals surface area contributed by atoms with Crippen molar-refractivity contribution in [2.75, 3.05) is 7.11 Å². The molecule has 0 aliphatic rings. The SMILES string of the molecule is COc1ccccc1-c1nccc(C)n1. The highest BCUT2D eigenvalue weighted by Crippen LogP contribution is 2.26. The van der Waals surface area contributed by atoms with Gasteiger partial charge in [0.25, 0.3) is 0 Å². The van der Waals surface area contributed by atoms with Crippen molar-refractivity contribution in [3.63, 3.8) is 0 Å². The first kappa shape index (κ1) is 9.65. The van der Waals surface area contributed by atoms with Gasteiger partial charge < -0.3 is 4.74 Å². The van der Waals surface area contributed by atoms with Gasteiger partial charge in [-0.3, -0.25) is 0 Å². The standard InChI is InChI=1S/C12H12N2O/c1-9-7-8-13-12(14-9)10-5-3-4-6-11(10)15-2/h3-8H,1-2H3. The highest BCUT2D eigenvalue weighted by atomic mass is 16.5. The van der Waals surface area contributed by atoms with Gasteiger partial charge in [0.15, 0.2) is 5.82 Å². The molecule has 2 rings (SSSR count). The first-order valence-corrected chi connectivity index (χ1v) is 4.74. The lowest BCUT2D eigenvalue weighted by molar-refractivity contribution is 0.416. The summed E-state index contributed by atoms with van der Waals surface area (Å²) in [6, 6.07) is 9.61. The van der Waals surface area contributed by atoms with Gasteiger partial charge in [0.05, 0.1) is 12.7 Å². The van der Waals surface area contributed by atoms with Gasteiger partial charge in [0.2, 0.25) is 0 Å². The normalized spacial score (nSPS) is 10.0. The number of ether oxygens (including phenoxy) is 1. The molecule has 0 unspecified atom stereocenters. The molecule has 0 radical (unpaired) electrons. The smallest absolute Gasteiger partial charge is 0.163 e. The second-order valence-corrected chi connectivity index (χ2v) is 3.22. The quantitative estimate of drug-likeness (QED) is 0.747. The largest absolute Gasteiger partial charge is 0.496 e. The van der Waals surface area contributed by atoms with Gasteiger partial charge in [0.1, 0.15) is 5.75 Å². The first-order chi connectivity index (χ1) is 7.31. The Balaban J connectivity index is 2.53. The molecule has 76 valence electrons. The molecule has 1 aromatic carbocycles. The Hall–Kier alpha value is -1.90. The first-order valence-electron chi connectivity index (χ1n) is 4.74. The van der Waals surface area contributed by atoms with E-state index in [1.165, 1.54) is 0 Å².